The van der Waals surface area contributed by atoms with Crippen molar-refractivity contribution in [1.29, 1.82) is 5.41 Å². The molecule has 2 aromatic rings. The molecule has 0 amide bonds. The van der Waals surface area contributed by atoms with E-state index >= 15 is 0 Å². The molecule has 1 aromatic carbocycles. The molecule has 0 saturated heterocycles. The summed E-state index contributed by atoms with van der Waals surface area (Å²) in [6, 6.07) is 5.66. The number of hydrogen-bond acceptors (Lipinski definition) is 6. The van der Waals surface area contributed by atoms with E-state index in [2.05, 4.69) is 25.8 Å². The maximum absolute atomic E-state index is 13.4. The minimum absolute atomic E-state index is 0.0602. The van der Waals surface area contributed by atoms with Crippen LogP contribution in [-0.2, 0) is 11.3 Å². The van der Waals surface area contributed by atoms with Crippen LogP contribution in [0, 0.1) is 10.8 Å². The van der Waals surface area contributed by atoms with Gasteiger partial charge in [0.25, 0.3) is 0 Å². The number of nitrogens with one attached hydrogen (secondary N) is 1. The number of allylic oxidation sites excluding steroid dienone is 2. The number of benzene rings is 1. The second-order valence-corrected chi connectivity index (χ2v) is 9.29. The van der Waals surface area contributed by atoms with E-state index in [0.29, 0.717) is 59.1 Å². The SMILES string of the molecule is CCCCn1cnc2c(c1=N)C(c1ccc(OC)c(OC)c1)C1=C(CC(C)(C)CC1=O)O2. The quantitative estimate of drug-likeness (QED) is 0.726. The van der Waals surface area contributed by atoms with Crippen molar-refractivity contribution in [2.24, 2.45) is 5.41 Å². The zero-order valence-electron chi connectivity index (χ0n) is 19.4. The highest BCUT2D eigenvalue weighted by molar-refractivity contribution is 6.00. The number of aromatic nitrogens is 2. The van der Waals surface area contributed by atoms with Crippen molar-refractivity contribution in [3.63, 3.8) is 0 Å². The predicted molar refractivity (Wildman–Crippen MR) is 120 cm³/mol. The molecule has 1 N–H and O–H groups in total. The maximum Gasteiger partial charge on any atom is 0.228 e. The number of fused-ring (bicyclic) bond motifs is 1. The van der Waals surface area contributed by atoms with E-state index < -0.39 is 5.92 Å². The van der Waals surface area contributed by atoms with Gasteiger partial charge in [-0.25, -0.2) is 4.98 Å². The van der Waals surface area contributed by atoms with Gasteiger partial charge in [-0.3, -0.25) is 10.2 Å². The van der Waals surface area contributed by atoms with Crippen LogP contribution >= 0.6 is 0 Å². The highest BCUT2D eigenvalue weighted by Crippen LogP contribution is 2.49. The number of ether oxygens (including phenoxy) is 3. The normalized spacial score (nSPS) is 19.2. The molecule has 1 atom stereocenters. The van der Waals surface area contributed by atoms with Crippen molar-refractivity contribution in [3.05, 3.63) is 52.5 Å². The largest absolute Gasteiger partial charge is 0.493 e. The summed E-state index contributed by atoms with van der Waals surface area (Å²) < 4.78 is 19.0. The number of unbranched alkanes of at least 4 members (excludes halogenated alkanes) is 1. The Bertz CT molecular complexity index is 1150. The molecular weight excluding hydrogens is 406 g/mol. The van der Waals surface area contributed by atoms with Crippen molar-refractivity contribution in [2.45, 2.75) is 58.9 Å². The van der Waals surface area contributed by atoms with E-state index in [1.807, 2.05) is 22.8 Å². The third-order valence-corrected chi connectivity index (χ3v) is 6.26. The smallest absolute Gasteiger partial charge is 0.228 e. The zero-order chi connectivity index (χ0) is 23.0. The molecule has 0 bridgehead atoms. The van der Waals surface area contributed by atoms with Crippen LogP contribution in [-0.4, -0.2) is 29.6 Å². The Balaban J connectivity index is 1.95. The number of ketones is 1. The topological polar surface area (TPSA) is 86.4 Å². The molecule has 2 heterocycles. The number of hydrogen-bond donors (Lipinski definition) is 1. The molecule has 7 nitrogen and oxygen atoms in total. The van der Waals surface area contributed by atoms with Gasteiger partial charge in [0.2, 0.25) is 5.88 Å². The minimum Gasteiger partial charge on any atom is -0.493 e. The van der Waals surface area contributed by atoms with Crippen LogP contribution in [0.5, 0.6) is 17.4 Å². The van der Waals surface area contributed by atoms with Crippen molar-refractivity contribution in [3.8, 4) is 17.4 Å². The zero-order valence-corrected chi connectivity index (χ0v) is 19.4. The van der Waals surface area contributed by atoms with Crippen molar-refractivity contribution < 1.29 is 19.0 Å². The average molecular weight is 438 g/mol. The summed E-state index contributed by atoms with van der Waals surface area (Å²) in [6.07, 6.45) is 4.72. The first-order valence-corrected chi connectivity index (χ1v) is 11.1. The van der Waals surface area contributed by atoms with Crippen LogP contribution in [0.15, 0.2) is 35.9 Å². The molecule has 0 saturated carbocycles. The summed E-state index contributed by atoms with van der Waals surface area (Å²) >= 11 is 0. The standard InChI is InChI=1S/C25H31N3O4/c1-6-7-10-28-14-27-24-22(23(28)26)20(15-8-9-17(30-4)18(11-15)31-5)21-16(29)12-25(2,3)13-19(21)32-24/h8-9,11,14,20,26H,6-7,10,12-13H2,1-5H3. The maximum atomic E-state index is 13.4. The van der Waals surface area contributed by atoms with Crippen molar-refractivity contribution in [1.82, 2.24) is 9.55 Å². The fraction of sp³-hybridized carbons (Fsp3) is 0.480. The first kappa shape index (κ1) is 22.1. The predicted octanol–water partition coefficient (Wildman–Crippen LogP) is 4.35. The molecule has 1 aliphatic heterocycles. The van der Waals surface area contributed by atoms with E-state index in [9.17, 15) is 4.79 Å². The fourth-order valence-corrected chi connectivity index (χ4v) is 4.66. The molecule has 0 spiro atoms. The van der Waals surface area contributed by atoms with Crippen LogP contribution in [0.2, 0.25) is 0 Å². The lowest BCUT2D eigenvalue weighted by atomic mass is 9.70. The third-order valence-electron chi connectivity index (χ3n) is 6.26. The van der Waals surface area contributed by atoms with Gasteiger partial charge in [0, 0.05) is 25.0 Å². The van der Waals surface area contributed by atoms with Gasteiger partial charge in [-0.2, -0.15) is 0 Å². The second kappa shape index (κ2) is 8.45. The molecule has 32 heavy (non-hydrogen) atoms. The van der Waals surface area contributed by atoms with Gasteiger partial charge in [0.05, 0.1) is 25.7 Å². The van der Waals surface area contributed by atoms with Gasteiger partial charge in [0.1, 0.15) is 17.6 Å². The van der Waals surface area contributed by atoms with Gasteiger partial charge < -0.3 is 18.8 Å². The molecule has 0 radical (unpaired) electrons. The summed E-state index contributed by atoms with van der Waals surface area (Å²) in [5, 5.41) is 8.96. The van der Waals surface area contributed by atoms with E-state index in [-0.39, 0.29) is 11.2 Å². The molecule has 4 rings (SSSR count). The van der Waals surface area contributed by atoms with Gasteiger partial charge in [0.15, 0.2) is 17.3 Å². The minimum atomic E-state index is -0.439. The van der Waals surface area contributed by atoms with Crippen LogP contribution in [0.1, 0.15) is 63.5 Å². The number of Topliss-reactive ketones (excluding diaryl/α,β-unsaturated/α-hetero) is 1. The Kier molecular flexibility index (Phi) is 5.84. The lowest BCUT2D eigenvalue weighted by Gasteiger charge is -2.38. The third kappa shape index (κ3) is 3.80. The lowest BCUT2D eigenvalue weighted by Crippen LogP contribution is -2.37. The summed E-state index contributed by atoms with van der Waals surface area (Å²) in [5.41, 5.74) is 2.26. The molecule has 2 aliphatic rings. The van der Waals surface area contributed by atoms with Gasteiger partial charge in [-0.15, -0.1) is 0 Å². The molecule has 0 fully saturated rings. The summed E-state index contributed by atoms with van der Waals surface area (Å²) in [4.78, 5) is 18.0. The Morgan fingerprint density at radius 2 is 1.97 bits per heavy atom. The molecular formula is C25H31N3O4. The molecule has 1 unspecified atom stereocenters. The monoisotopic (exact) mass is 437 g/mol. The van der Waals surface area contributed by atoms with Crippen molar-refractivity contribution in [2.75, 3.05) is 14.2 Å². The van der Waals surface area contributed by atoms with E-state index in [1.165, 1.54) is 0 Å². The number of aryl methyl sites for hydroxylation is 1. The molecule has 1 aromatic heterocycles. The number of nitrogens with zero attached hydrogens (tertiary/aromatic N) is 2. The molecule has 1 aliphatic carbocycles. The highest BCUT2D eigenvalue weighted by Gasteiger charge is 2.43. The summed E-state index contributed by atoms with van der Waals surface area (Å²) in [6.45, 7) is 6.96. The van der Waals surface area contributed by atoms with Crippen molar-refractivity contribution >= 4 is 5.78 Å². The fourth-order valence-electron chi connectivity index (χ4n) is 4.66. The number of carbonyl (C=O) groups is 1. The Morgan fingerprint density at radius 1 is 1.22 bits per heavy atom. The van der Waals surface area contributed by atoms with Crippen LogP contribution in [0.3, 0.4) is 0 Å². The average Bonchev–Trinajstić information content (AvgIpc) is 2.76. The highest BCUT2D eigenvalue weighted by atomic mass is 16.5. The lowest BCUT2D eigenvalue weighted by molar-refractivity contribution is -0.118. The van der Waals surface area contributed by atoms with Gasteiger partial charge in [-0.05, 0) is 29.5 Å². The number of rotatable bonds is 6. The number of carbonyl (C=O) groups excluding carboxylic acids is 1. The first-order valence-electron chi connectivity index (χ1n) is 11.1. The Hall–Kier alpha value is -3.09. The van der Waals surface area contributed by atoms with Crippen LogP contribution < -0.4 is 19.7 Å². The number of methoxy groups -OCH3 is 2. The summed E-state index contributed by atoms with van der Waals surface area (Å²) in [5.74, 6) is 1.89. The van der Waals surface area contributed by atoms with E-state index in [0.717, 1.165) is 18.4 Å². The second-order valence-electron chi connectivity index (χ2n) is 9.29. The Morgan fingerprint density at radius 3 is 2.66 bits per heavy atom. The molecule has 170 valence electrons. The molecule has 7 heteroatoms. The first-order chi connectivity index (χ1) is 15.3. The summed E-state index contributed by atoms with van der Waals surface area (Å²) in [7, 11) is 3.19. The van der Waals surface area contributed by atoms with Crippen LogP contribution in [0.25, 0.3) is 0 Å². The van der Waals surface area contributed by atoms with E-state index in [4.69, 9.17) is 19.6 Å². The van der Waals surface area contributed by atoms with Gasteiger partial charge in [-0.1, -0.05) is 33.3 Å². The van der Waals surface area contributed by atoms with Gasteiger partial charge >= 0.3 is 0 Å². The Labute approximate surface area is 188 Å². The van der Waals surface area contributed by atoms with Crippen LogP contribution in [0.4, 0.5) is 0 Å². The van der Waals surface area contributed by atoms with E-state index in [1.54, 1.807) is 20.5 Å².